The summed E-state index contributed by atoms with van der Waals surface area (Å²) in [6.07, 6.45) is 4.93. The van der Waals surface area contributed by atoms with E-state index in [1.807, 2.05) is 0 Å². The fourth-order valence-electron chi connectivity index (χ4n) is 1.62. The van der Waals surface area contributed by atoms with Crippen LogP contribution in [0, 0.1) is 0 Å². The Labute approximate surface area is 93.3 Å². The van der Waals surface area contributed by atoms with Crippen LogP contribution in [0.4, 0.5) is 5.69 Å². The zero-order chi connectivity index (χ0) is 11.2. The monoisotopic (exact) mass is 225 g/mol. The third-order valence-electron chi connectivity index (χ3n) is 2.45. The molecule has 1 fully saturated rings. The largest absolute Gasteiger partial charge is 0.368 e. The molecule has 0 unspecified atom stereocenters. The van der Waals surface area contributed by atoms with E-state index in [9.17, 15) is 4.79 Å². The van der Waals surface area contributed by atoms with Crippen LogP contribution in [-0.2, 0) is 9.53 Å². The molecule has 0 atom stereocenters. The van der Waals surface area contributed by atoms with Gasteiger partial charge >= 0.3 is 0 Å². The summed E-state index contributed by atoms with van der Waals surface area (Å²) in [4.78, 5) is 11.4. The van der Waals surface area contributed by atoms with Crippen molar-refractivity contribution in [3.8, 4) is 0 Å². The molecule has 1 aromatic heterocycles. The smallest absolute Gasteiger partial charge is 0.250 e. The second-order valence-corrected chi connectivity index (χ2v) is 3.72. The number of carbonyl (C=O) groups excluding carboxylic acids is 1. The average Bonchev–Trinajstić information content (AvgIpc) is 2.81. The van der Waals surface area contributed by atoms with Gasteiger partial charge in [-0.15, -0.1) is 0 Å². The van der Waals surface area contributed by atoms with Gasteiger partial charge in [-0.1, -0.05) is 5.16 Å². The quantitative estimate of drug-likeness (QED) is 0.774. The minimum absolute atomic E-state index is 0.0792. The molecule has 16 heavy (non-hydrogen) atoms. The number of ether oxygens (including phenoxy) is 1. The molecule has 6 heteroatoms. The topological polar surface area (TPSA) is 76.4 Å². The molecule has 2 N–H and O–H groups in total. The molecule has 0 radical (unpaired) electrons. The van der Waals surface area contributed by atoms with Crippen LogP contribution in [0.3, 0.4) is 0 Å². The summed E-state index contributed by atoms with van der Waals surface area (Å²) in [7, 11) is 0. The first-order valence-electron chi connectivity index (χ1n) is 5.36. The lowest BCUT2D eigenvalue weighted by molar-refractivity contribution is -0.123. The number of hydrogen-bond acceptors (Lipinski definition) is 5. The maximum Gasteiger partial charge on any atom is 0.250 e. The van der Waals surface area contributed by atoms with Gasteiger partial charge in [0.05, 0.1) is 12.3 Å². The molecule has 1 aromatic rings. The van der Waals surface area contributed by atoms with Crippen LogP contribution in [0.5, 0.6) is 0 Å². The molecule has 1 amide bonds. The van der Waals surface area contributed by atoms with Crippen molar-refractivity contribution in [2.45, 2.75) is 18.9 Å². The van der Waals surface area contributed by atoms with Gasteiger partial charge in [0.1, 0.15) is 18.6 Å². The van der Waals surface area contributed by atoms with Gasteiger partial charge in [-0.2, -0.15) is 0 Å². The third-order valence-corrected chi connectivity index (χ3v) is 2.45. The highest BCUT2D eigenvalue weighted by Crippen LogP contribution is 2.08. The Hall–Kier alpha value is -1.40. The average molecular weight is 225 g/mol. The number of piperidine rings is 1. The van der Waals surface area contributed by atoms with Crippen molar-refractivity contribution in [1.82, 2.24) is 10.5 Å². The number of nitrogens with one attached hydrogen (secondary N) is 2. The molecule has 0 spiro atoms. The van der Waals surface area contributed by atoms with Crippen LogP contribution >= 0.6 is 0 Å². The predicted molar refractivity (Wildman–Crippen MR) is 57.0 cm³/mol. The Morgan fingerprint density at radius 2 is 2.44 bits per heavy atom. The molecule has 0 aromatic carbocycles. The first kappa shape index (κ1) is 11.1. The molecule has 0 bridgehead atoms. The summed E-state index contributed by atoms with van der Waals surface area (Å²) in [5.74, 6) is -0.179. The van der Waals surface area contributed by atoms with Crippen molar-refractivity contribution in [2.24, 2.45) is 0 Å². The van der Waals surface area contributed by atoms with Crippen LogP contribution in [0.2, 0.25) is 0 Å². The fraction of sp³-hybridized carbons (Fsp3) is 0.600. The second kappa shape index (κ2) is 5.62. The zero-order valence-electron chi connectivity index (χ0n) is 8.94. The maximum absolute atomic E-state index is 11.4. The van der Waals surface area contributed by atoms with Gasteiger partial charge in [0, 0.05) is 0 Å². The number of aromatic nitrogens is 1. The van der Waals surface area contributed by atoms with Crippen molar-refractivity contribution in [1.29, 1.82) is 0 Å². The predicted octanol–water partition coefficient (Wildman–Crippen LogP) is 0.382. The Kier molecular flexibility index (Phi) is 3.90. The van der Waals surface area contributed by atoms with E-state index in [0.717, 1.165) is 25.9 Å². The summed E-state index contributed by atoms with van der Waals surface area (Å²) >= 11 is 0. The third kappa shape index (κ3) is 3.32. The van der Waals surface area contributed by atoms with Crippen molar-refractivity contribution < 1.29 is 14.1 Å². The number of amides is 1. The van der Waals surface area contributed by atoms with Crippen molar-refractivity contribution in [2.75, 3.05) is 25.0 Å². The molecule has 1 aliphatic heterocycles. The summed E-state index contributed by atoms with van der Waals surface area (Å²) in [6.45, 7) is 1.99. The van der Waals surface area contributed by atoms with Gasteiger partial charge in [-0.3, -0.25) is 4.79 Å². The van der Waals surface area contributed by atoms with Crippen LogP contribution in [0.25, 0.3) is 0 Å². The minimum Gasteiger partial charge on any atom is -0.368 e. The molecule has 0 saturated carbocycles. The first-order chi connectivity index (χ1) is 7.84. The van der Waals surface area contributed by atoms with E-state index in [1.54, 1.807) is 0 Å². The summed E-state index contributed by atoms with van der Waals surface area (Å²) in [5.41, 5.74) is 0.555. The zero-order valence-corrected chi connectivity index (χ0v) is 8.94. The highest BCUT2D eigenvalue weighted by atomic mass is 16.5. The highest BCUT2D eigenvalue weighted by Gasteiger charge is 2.14. The number of rotatable bonds is 4. The van der Waals surface area contributed by atoms with E-state index in [-0.39, 0.29) is 18.6 Å². The summed E-state index contributed by atoms with van der Waals surface area (Å²) < 4.78 is 10.1. The normalized spacial score (nSPS) is 17.2. The molecule has 1 saturated heterocycles. The minimum atomic E-state index is -0.179. The molecule has 1 aliphatic rings. The number of hydrogen-bond donors (Lipinski definition) is 2. The van der Waals surface area contributed by atoms with Crippen LogP contribution in [0.15, 0.2) is 17.0 Å². The van der Waals surface area contributed by atoms with E-state index in [2.05, 4.69) is 20.3 Å². The van der Waals surface area contributed by atoms with Gasteiger partial charge in [0.25, 0.3) is 5.91 Å². The van der Waals surface area contributed by atoms with E-state index in [0.29, 0.717) is 5.69 Å². The lowest BCUT2D eigenvalue weighted by Gasteiger charge is -2.22. The lowest BCUT2D eigenvalue weighted by Crippen LogP contribution is -2.34. The lowest BCUT2D eigenvalue weighted by atomic mass is 10.1. The highest BCUT2D eigenvalue weighted by molar-refractivity contribution is 5.91. The van der Waals surface area contributed by atoms with Crippen LogP contribution in [-0.4, -0.2) is 36.9 Å². The Morgan fingerprint density at radius 1 is 1.62 bits per heavy atom. The summed E-state index contributed by atoms with van der Waals surface area (Å²) in [6, 6.07) is 0. The molecule has 2 heterocycles. The molecule has 2 rings (SSSR count). The van der Waals surface area contributed by atoms with Gasteiger partial charge in [-0.25, -0.2) is 0 Å². The Morgan fingerprint density at radius 3 is 3.12 bits per heavy atom. The second-order valence-electron chi connectivity index (χ2n) is 3.72. The maximum atomic E-state index is 11.4. The molecule has 0 aliphatic carbocycles. The Balaban J connectivity index is 1.67. The van der Waals surface area contributed by atoms with E-state index < -0.39 is 0 Å². The van der Waals surface area contributed by atoms with Gasteiger partial charge in [0.15, 0.2) is 0 Å². The van der Waals surface area contributed by atoms with Crippen molar-refractivity contribution in [3.63, 3.8) is 0 Å². The Bertz CT molecular complexity index is 320. The number of carbonyl (C=O) groups is 1. The SMILES string of the molecule is O=C(COC1CCNCC1)Nc1cnoc1. The summed E-state index contributed by atoms with van der Waals surface area (Å²) in [5, 5.41) is 9.35. The van der Waals surface area contributed by atoms with Crippen LogP contribution < -0.4 is 10.6 Å². The standard InChI is InChI=1S/C10H15N3O3/c14-10(13-8-5-12-16-6-8)7-15-9-1-3-11-4-2-9/h5-6,9,11H,1-4,7H2,(H,13,14). The number of anilines is 1. The molecule has 88 valence electrons. The molecular formula is C10H15N3O3. The molecular weight excluding hydrogens is 210 g/mol. The van der Waals surface area contributed by atoms with Crippen molar-refractivity contribution in [3.05, 3.63) is 12.5 Å². The van der Waals surface area contributed by atoms with Crippen molar-refractivity contribution >= 4 is 11.6 Å². The van der Waals surface area contributed by atoms with Gasteiger partial charge in [0.2, 0.25) is 0 Å². The fourth-order valence-corrected chi connectivity index (χ4v) is 1.62. The van der Waals surface area contributed by atoms with Gasteiger partial charge < -0.3 is 19.9 Å². The van der Waals surface area contributed by atoms with E-state index >= 15 is 0 Å². The van der Waals surface area contributed by atoms with Crippen LogP contribution in [0.1, 0.15) is 12.8 Å². The first-order valence-corrected chi connectivity index (χ1v) is 5.36. The number of nitrogens with zero attached hydrogens (tertiary/aromatic N) is 1. The van der Waals surface area contributed by atoms with Gasteiger partial charge in [-0.05, 0) is 25.9 Å². The molecule has 6 nitrogen and oxygen atoms in total. The van der Waals surface area contributed by atoms with E-state index in [4.69, 9.17) is 4.74 Å². The van der Waals surface area contributed by atoms with E-state index in [1.165, 1.54) is 12.5 Å².